The predicted molar refractivity (Wildman–Crippen MR) is 149 cm³/mol. The molecular weight excluding hydrogens is 456 g/mol. The monoisotopic (exact) mass is 484 g/mol. The summed E-state index contributed by atoms with van der Waals surface area (Å²) in [6.07, 6.45) is 7.62. The van der Waals surface area contributed by atoms with E-state index in [4.69, 9.17) is 9.47 Å². The molecule has 2 aliphatic rings. The van der Waals surface area contributed by atoms with Gasteiger partial charge in [-0.1, -0.05) is 30.3 Å². The summed E-state index contributed by atoms with van der Waals surface area (Å²) in [5.41, 5.74) is 7.99. The molecule has 0 spiro atoms. The molecule has 4 heteroatoms. The number of benzene rings is 3. The van der Waals surface area contributed by atoms with Crippen molar-refractivity contribution in [3.8, 4) is 11.8 Å². The predicted octanol–water partition coefficient (Wildman–Crippen LogP) is 8.80. The van der Waals surface area contributed by atoms with E-state index in [1.807, 2.05) is 49.4 Å². The van der Waals surface area contributed by atoms with Crippen molar-refractivity contribution in [1.29, 1.82) is 5.26 Å². The van der Waals surface area contributed by atoms with Crippen LogP contribution in [0.3, 0.4) is 0 Å². The van der Waals surface area contributed by atoms with Gasteiger partial charge in [-0.25, -0.2) is 0 Å². The number of aryl methyl sites for hydroxylation is 1. The first-order valence-electron chi connectivity index (χ1n) is 12.2. The molecule has 0 saturated carbocycles. The highest BCUT2D eigenvalue weighted by atomic mass is 16.5. The van der Waals surface area contributed by atoms with Crippen LogP contribution >= 0.6 is 0 Å². The van der Waals surface area contributed by atoms with Gasteiger partial charge in [0.1, 0.15) is 23.0 Å². The third-order valence-corrected chi connectivity index (χ3v) is 6.33. The second-order valence-electron chi connectivity index (χ2n) is 9.26. The average Bonchev–Trinajstić information content (AvgIpc) is 2.88. The molecule has 0 saturated heterocycles. The second-order valence-corrected chi connectivity index (χ2v) is 9.26. The summed E-state index contributed by atoms with van der Waals surface area (Å²) in [4.78, 5) is 2.23. The normalized spacial score (nSPS) is 16.8. The van der Waals surface area contributed by atoms with E-state index in [0.29, 0.717) is 17.1 Å². The molecule has 0 aromatic heterocycles. The molecule has 0 amide bonds. The van der Waals surface area contributed by atoms with Gasteiger partial charge in [0.05, 0.1) is 6.07 Å². The van der Waals surface area contributed by atoms with E-state index in [1.165, 1.54) is 5.56 Å². The van der Waals surface area contributed by atoms with Crippen molar-refractivity contribution in [3.63, 3.8) is 0 Å². The van der Waals surface area contributed by atoms with Crippen molar-refractivity contribution in [2.24, 2.45) is 0 Å². The van der Waals surface area contributed by atoms with Crippen LogP contribution in [0, 0.1) is 18.3 Å². The van der Waals surface area contributed by atoms with E-state index < -0.39 is 0 Å². The van der Waals surface area contributed by atoms with Crippen LogP contribution in [-0.2, 0) is 4.74 Å². The Morgan fingerprint density at radius 1 is 0.811 bits per heavy atom. The van der Waals surface area contributed by atoms with Crippen LogP contribution in [0.1, 0.15) is 31.9 Å². The topological polar surface area (TPSA) is 45.5 Å². The number of nitrogens with zero attached hydrogens (tertiary/aromatic N) is 2. The van der Waals surface area contributed by atoms with Gasteiger partial charge < -0.3 is 14.4 Å². The minimum absolute atomic E-state index is 0.633. The molecule has 5 rings (SSSR count). The van der Waals surface area contributed by atoms with E-state index in [-0.39, 0.29) is 0 Å². The van der Waals surface area contributed by atoms with Crippen LogP contribution in [0.15, 0.2) is 126 Å². The lowest BCUT2D eigenvalue weighted by Crippen LogP contribution is -2.11. The summed E-state index contributed by atoms with van der Waals surface area (Å²) in [6.45, 7) is 7.86. The Hall–Kier alpha value is -4.75. The molecule has 37 heavy (non-hydrogen) atoms. The number of hydrogen-bond acceptors (Lipinski definition) is 4. The number of allylic oxidation sites excluding steroid dienone is 8. The maximum Gasteiger partial charge on any atom is 0.137 e. The molecule has 4 nitrogen and oxygen atoms in total. The number of fused-ring (bicyclic) bond motifs is 1. The number of anilines is 3. The van der Waals surface area contributed by atoms with Crippen molar-refractivity contribution >= 4 is 22.6 Å². The summed E-state index contributed by atoms with van der Waals surface area (Å²) in [6, 6.07) is 27.4. The lowest BCUT2D eigenvalue weighted by molar-refractivity contribution is 0.313. The van der Waals surface area contributed by atoms with Crippen LogP contribution in [0.25, 0.3) is 5.57 Å². The highest BCUT2D eigenvalue weighted by Gasteiger charge is 2.20. The van der Waals surface area contributed by atoms with Crippen molar-refractivity contribution in [3.05, 3.63) is 137 Å². The van der Waals surface area contributed by atoms with Crippen LogP contribution in [-0.4, -0.2) is 0 Å². The summed E-state index contributed by atoms with van der Waals surface area (Å²) in [7, 11) is 0. The standard InChI is InChI=1S/C33H28N2O2/c1-22-9-8-12-28(15-22)35(27-10-6-5-7-11-27)29-13-14-32-23(2)16-30(37-33(32)19-29)20-31-18-26(24(3)21-34)17-25(4)36-31/h5-20H,1-4H3/b26-24?,30-20+. The Morgan fingerprint density at radius 3 is 2.32 bits per heavy atom. The minimum Gasteiger partial charge on any atom is -0.462 e. The Bertz CT molecular complexity index is 1560. The summed E-state index contributed by atoms with van der Waals surface area (Å²) >= 11 is 0. The fourth-order valence-corrected chi connectivity index (χ4v) is 4.52. The summed E-state index contributed by atoms with van der Waals surface area (Å²) < 4.78 is 12.3. The van der Waals surface area contributed by atoms with Gasteiger partial charge in [0.15, 0.2) is 0 Å². The number of para-hydroxylation sites is 1. The van der Waals surface area contributed by atoms with E-state index >= 15 is 0 Å². The maximum absolute atomic E-state index is 9.31. The van der Waals surface area contributed by atoms with Crippen molar-refractivity contribution < 1.29 is 9.47 Å². The van der Waals surface area contributed by atoms with E-state index in [0.717, 1.165) is 45.3 Å². The molecule has 0 fully saturated rings. The Morgan fingerprint density at radius 2 is 1.57 bits per heavy atom. The van der Waals surface area contributed by atoms with E-state index in [2.05, 4.69) is 79.4 Å². The minimum atomic E-state index is 0.633. The number of hydrogen-bond donors (Lipinski definition) is 0. The van der Waals surface area contributed by atoms with E-state index in [9.17, 15) is 5.26 Å². The van der Waals surface area contributed by atoms with Gasteiger partial charge in [0.2, 0.25) is 0 Å². The highest BCUT2D eigenvalue weighted by molar-refractivity contribution is 5.81. The molecule has 0 unspecified atom stereocenters. The van der Waals surface area contributed by atoms with Gasteiger partial charge in [-0.2, -0.15) is 5.26 Å². The molecular formula is C33H28N2O2. The lowest BCUT2D eigenvalue weighted by Gasteiger charge is -2.27. The average molecular weight is 485 g/mol. The van der Waals surface area contributed by atoms with Gasteiger partial charge >= 0.3 is 0 Å². The second kappa shape index (κ2) is 10.1. The fraction of sp³-hybridized carbons (Fsp3) is 0.121. The van der Waals surface area contributed by atoms with Crippen molar-refractivity contribution in [1.82, 2.24) is 0 Å². The third kappa shape index (κ3) is 5.12. The van der Waals surface area contributed by atoms with Gasteiger partial charge in [0.25, 0.3) is 0 Å². The van der Waals surface area contributed by atoms with Crippen molar-refractivity contribution in [2.45, 2.75) is 27.7 Å². The molecule has 182 valence electrons. The van der Waals surface area contributed by atoms with Gasteiger partial charge in [-0.15, -0.1) is 0 Å². The first-order valence-corrected chi connectivity index (χ1v) is 12.2. The third-order valence-electron chi connectivity index (χ3n) is 6.33. The Labute approximate surface area is 218 Å². The zero-order valence-corrected chi connectivity index (χ0v) is 21.4. The van der Waals surface area contributed by atoms with Crippen LogP contribution in [0.4, 0.5) is 17.1 Å². The number of rotatable bonds is 4. The Balaban J connectivity index is 1.54. The quantitative estimate of drug-likeness (QED) is 0.347. The molecule has 2 heterocycles. The molecule has 0 atom stereocenters. The molecule has 3 aromatic carbocycles. The van der Waals surface area contributed by atoms with Crippen molar-refractivity contribution in [2.75, 3.05) is 4.90 Å². The molecule has 3 aromatic rings. The van der Waals surface area contributed by atoms with Crippen LogP contribution in [0.2, 0.25) is 0 Å². The number of nitriles is 1. The summed E-state index contributed by atoms with van der Waals surface area (Å²) in [5.74, 6) is 2.83. The molecule has 0 radical (unpaired) electrons. The summed E-state index contributed by atoms with van der Waals surface area (Å²) in [5, 5.41) is 9.31. The zero-order chi connectivity index (χ0) is 25.9. The molecule has 0 bridgehead atoms. The SMILES string of the molecule is CC1=CC(=C(C)C#N)C=C(/C=C2\C=C(C)c3ccc(N(c4ccccc4)c4cccc(C)c4)cc3O2)O1. The fourth-order valence-electron chi connectivity index (χ4n) is 4.52. The molecule has 0 aliphatic carbocycles. The van der Waals surface area contributed by atoms with Gasteiger partial charge in [-0.3, -0.25) is 0 Å². The molecule has 2 aliphatic heterocycles. The molecule has 0 N–H and O–H groups in total. The van der Waals surface area contributed by atoms with E-state index in [1.54, 1.807) is 6.92 Å². The number of ether oxygens (including phenoxy) is 2. The Kier molecular flexibility index (Phi) is 6.53. The largest absolute Gasteiger partial charge is 0.462 e. The highest BCUT2D eigenvalue weighted by Crippen LogP contribution is 2.41. The van der Waals surface area contributed by atoms with Gasteiger partial charge in [-0.05, 0) is 99.0 Å². The van der Waals surface area contributed by atoms with Crippen LogP contribution < -0.4 is 9.64 Å². The maximum atomic E-state index is 9.31. The zero-order valence-electron chi connectivity index (χ0n) is 21.4. The first-order chi connectivity index (χ1) is 17.9. The lowest BCUT2D eigenvalue weighted by atomic mass is 10.0. The first kappa shape index (κ1) is 24.0. The van der Waals surface area contributed by atoms with Crippen LogP contribution in [0.5, 0.6) is 5.75 Å². The van der Waals surface area contributed by atoms with Gasteiger partial charge in [0, 0.05) is 40.3 Å². The smallest absolute Gasteiger partial charge is 0.137 e.